The zero-order chi connectivity index (χ0) is 19.6. The standard InChI is InChI=1S/C21H32N6S.HI/c1-3-18-16-25-20(28-18)9-11-24-21(22-4-2)26-15-17-8-10-23-19(14-17)27-12-6-5-7-13-27;/h8,10,14,16H,3-7,9,11-13,15H2,1-2H3,(H2,22,24,26);1H. The third kappa shape index (κ3) is 7.73. The molecule has 0 atom stereocenters. The van der Waals surface area contributed by atoms with Crippen LogP contribution in [0.15, 0.2) is 29.5 Å². The highest BCUT2D eigenvalue weighted by molar-refractivity contribution is 14.0. The smallest absolute Gasteiger partial charge is 0.191 e. The molecule has 3 heterocycles. The van der Waals surface area contributed by atoms with E-state index in [0.717, 1.165) is 50.8 Å². The van der Waals surface area contributed by atoms with Crippen LogP contribution in [-0.4, -0.2) is 42.1 Å². The fourth-order valence-corrected chi connectivity index (χ4v) is 4.14. The normalized spacial score (nSPS) is 14.4. The molecule has 0 saturated carbocycles. The molecular formula is C21H33IN6S. The fraction of sp³-hybridized carbons (Fsp3) is 0.571. The van der Waals surface area contributed by atoms with Crippen LogP contribution < -0.4 is 15.5 Å². The number of hydrogen-bond acceptors (Lipinski definition) is 5. The number of nitrogens with zero attached hydrogens (tertiary/aromatic N) is 4. The summed E-state index contributed by atoms with van der Waals surface area (Å²) in [4.78, 5) is 17.5. The van der Waals surface area contributed by atoms with Crippen LogP contribution in [-0.2, 0) is 19.4 Å². The van der Waals surface area contributed by atoms with Gasteiger partial charge in [0.15, 0.2) is 5.96 Å². The molecule has 1 fully saturated rings. The zero-order valence-corrected chi connectivity index (χ0v) is 20.6. The molecule has 1 saturated heterocycles. The largest absolute Gasteiger partial charge is 0.357 e. The summed E-state index contributed by atoms with van der Waals surface area (Å²) < 4.78 is 0. The molecule has 0 spiro atoms. The highest BCUT2D eigenvalue weighted by Crippen LogP contribution is 2.18. The Morgan fingerprint density at radius 3 is 2.72 bits per heavy atom. The third-order valence-electron chi connectivity index (χ3n) is 4.84. The number of guanidine groups is 1. The predicted molar refractivity (Wildman–Crippen MR) is 134 cm³/mol. The number of pyridine rings is 1. The summed E-state index contributed by atoms with van der Waals surface area (Å²) in [6.45, 7) is 8.81. The Kier molecular flexibility index (Phi) is 10.7. The van der Waals surface area contributed by atoms with Crippen molar-refractivity contribution in [1.82, 2.24) is 20.6 Å². The molecule has 0 radical (unpaired) electrons. The Morgan fingerprint density at radius 2 is 2.00 bits per heavy atom. The van der Waals surface area contributed by atoms with Gasteiger partial charge in [0, 0.05) is 49.9 Å². The van der Waals surface area contributed by atoms with Gasteiger partial charge in [0.2, 0.25) is 0 Å². The molecule has 0 aliphatic carbocycles. The minimum atomic E-state index is 0. The van der Waals surface area contributed by atoms with Gasteiger partial charge in [-0.25, -0.2) is 15.0 Å². The second kappa shape index (κ2) is 13.0. The minimum absolute atomic E-state index is 0. The van der Waals surface area contributed by atoms with Crippen molar-refractivity contribution in [1.29, 1.82) is 0 Å². The number of anilines is 1. The van der Waals surface area contributed by atoms with E-state index in [1.54, 1.807) is 11.3 Å². The van der Waals surface area contributed by atoms with Gasteiger partial charge in [0.1, 0.15) is 5.82 Å². The molecule has 2 N–H and O–H groups in total. The lowest BCUT2D eigenvalue weighted by atomic mass is 10.1. The highest BCUT2D eigenvalue weighted by atomic mass is 127. The zero-order valence-electron chi connectivity index (χ0n) is 17.5. The minimum Gasteiger partial charge on any atom is -0.357 e. The number of aliphatic imine (C=N–C) groups is 1. The number of halogens is 1. The van der Waals surface area contributed by atoms with Crippen molar-refractivity contribution in [2.45, 2.75) is 52.5 Å². The Bertz CT molecular complexity index is 757. The van der Waals surface area contributed by atoms with Crippen LogP contribution >= 0.6 is 35.3 Å². The number of aromatic nitrogens is 2. The summed E-state index contributed by atoms with van der Waals surface area (Å²) in [6, 6.07) is 4.24. The van der Waals surface area contributed by atoms with Gasteiger partial charge in [-0.2, -0.15) is 0 Å². The summed E-state index contributed by atoms with van der Waals surface area (Å²) >= 11 is 1.80. The van der Waals surface area contributed by atoms with Crippen LogP contribution in [0.25, 0.3) is 0 Å². The average Bonchev–Trinajstić information content (AvgIpc) is 3.21. The van der Waals surface area contributed by atoms with E-state index >= 15 is 0 Å². The van der Waals surface area contributed by atoms with E-state index in [4.69, 9.17) is 4.99 Å². The van der Waals surface area contributed by atoms with Gasteiger partial charge >= 0.3 is 0 Å². The topological polar surface area (TPSA) is 65.4 Å². The van der Waals surface area contributed by atoms with E-state index in [-0.39, 0.29) is 24.0 Å². The van der Waals surface area contributed by atoms with Gasteiger partial charge in [0.25, 0.3) is 0 Å². The number of aryl methyl sites for hydroxylation is 1. The monoisotopic (exact) mass is 528 g/mol. The summed E-state index contributed by atoms with van der Waals surface area (Å²) in [5.41, 5.74) is 1.19. The maximum Gasteiger partial charge on any atom is 0.191 e. The van der Waals surface area contributed by atoms with E-state index in [1.807, 2.05) is 12.4 Å². The first-order valence-corrected chi connectivity index (χ1v) is 11.3. The van der Waals surface area contributed by atoms with E-state index in [0.29, 0.717) is 6.54 Å². The number of nitrogens with one attached hydrogen (secondary N) is 2. The van der Waals surface area contributed by atoms with Crippen molar-refractivity contribution in [2.24, 2.45) is 4.99 Å². The van der Waals surface area contributed by atoms with Crippen LogP contribution in [0.2, 0.25) is 0 Å². The Balaban J connectivity index is 0.00000300. The number of piperidine rings is 1. The molecule has 29 heavy (non-hydrogen) atoms. The molecule has 2 aromatic rings. The first-order chi connectivity index (χ1) is 13.8. The first-order valence-electron chi connectivity index (χ1n) is 10.4. The van der Waals surface area contributed by atoms with Gasteiger partial charge in [-0.15, -0.1) is 35.3 Å². The second-order valence-electron chi connectivity index (χ2n) is 7.02. The van der Waals surface area contributed by atoms with Gasteiger partial charge in [-0.05, 0) is 50.3 Å². The van der Waals surface area contributed by atoms with Gasteiger partial charge in [0.05, 0.1) is 11.6 Å². The summed E-state index contributed by atoms with van der Waals surface area (Å²) in [5, 5.41) is 7.93. The molecule has 1 aliphatic heterocycles. The molecule has 3 rings (SSSR count). The molecule has 160 valence electrons. The van der Waals surface area contributed by atoms with E-state index < -0.39 is 0 Å². The highest BCUT2D eigenvalue weighted by Gasteiger charge is 2.12. The van der Waals surface area contributed by atoms with Crippen LogP contribution in [0.3, 0.4) is 0 Å². The van der Waals surface area contributed by atoms with Crippen molar-refractivity contribution in [2.75, 3.05) is 31.1 Å². The maximum atomic E-state index is 4.75. The maximum absolute atomic E-state index is 4.75. The molecule has 8 heteroatoms. The second-order valence-corrected chi connectivity index (χ2v) is 8.22. The molecular weight excluding hydrogens is 495 g/mol. The molecule has 0 aromatic carbocycles. The van der Waals surface area contributed by atoms with Gasteiger partial charge in [-0.1, -0.05) is 6.92 Å². The van der Waals surface area contributed by atoms with E-state index in [2.05, 4.69) is 51.5 Å². The van der Waals surface area contributed by atoms with Crippen molar-refractivity contribution in [3.63, 3.8) is 0 Å². The molecule has 1 aliphatic rings. The summed E-state index contributed by atoms with van der Waals surface area (Å²) in [5.74, 6) is 1.94. The average molecular weight is 529 g/mol. The van der Waals surface area contributed by atoms with E-state index in [1.165, 1.54) is 34.7 Å². The fourth-order valence-electron chi connectivity index (χ4n) is 3.28. The first kappa shape index (κ1) is 23.9. The lowest BCUT2D eigenvalue weighted by Crippen LogP contribution is -2.38. The van der Waals surface area contributed by atoms with Crippen LogP contribution in [0.1, 0.15) is 48.6 Å². The van der Waals surface area contributed by atoms with Crippen LogP contribution in [0.4, 0.5) is 5.82 Å². The Morgan fingerprint density at radius 1 is 1.17 bits per heavy atom. The molecule has 0 amide bonds. The van der Waals surface area contributed by atoms with Crippen molar-refractivity contribution < 1.29 is 0 Å². The molecule has 2 aromatic heterocycles. The third-order valence-corrected chi connectivity index (χ3v) is 6.04. The van der Waals surface area contributed by atoms with Crippen molar-refractivity contribution >= 4 is 47.1 Å². The lowest BCUT2D eigenvalue weighted by Gasteiger charge is -2.27. The van der Waals surface area contributed by atoms with Crippen molar-refractivity contribution in [3.05, 3.63) is 40.0 Å². The van der Waals surface area contributed by atoms with Gasteiger partial charge < -0.3 is 15.5 Å². The Hall–Kier alpha value is -1.42. The van der Waals surface area contributed by atoms with Crippen LogP contribution in [0.5, 0.6) is 0 Å². The predicted octanol–water partition coefficient (Wildman–Crippen LogP) is 4.01. The summed E-state index contributed by atoms with van der Waals surface area (Å²) in [6.07, 6.45) is 9.73. The SMILES string of the molecule is CCNC(=NCc1ccnc(N2CCCCC2)c1)NCCc1ncc(CC)s1.I. The van der Waals surface area contributed by atoms with Crippen LogP contribution in [0, 0.1) is 0 Å². The van der Waals surface area contributed by atoms with Crippen molar-refractivity contribution in [3.8, 4) is 0 Å². The van der Waals surface area contributed by atoms with E-state index in [9.17, 15) is 0 Å². The van der Waals surface area contributed by atoms with Gasteiger partial charge in [-0.3, -0.25) is 0 Å². The molecule has 6 nitrogen and oxygen atoms in total. The Labute approximate surface area is 195 Å². The summed E-state index contributed by atoms with van der Waals surface area (Å²) in [7, 11) is 0. The number of hydrogen-bond donors (Lipinski definition) is 2. The number of thiazole rings is 1. The molecule has 0 unspecified atom stereocenters. The quantitative estimate of drug-likeness (QED) is 0.308. The molecule has 0 bridgehead atoms. The lowest BCUT2D eigenvalue weighted by molar-refractivity contribution is 0.573. The number of rotatable bonds is 8.